The fourth-order valence-corrected chi connectivity index (χ4v) is 1.36. The minimum absolute atomic E-state index is 0.0810. The average molecular weight is 179 g/mol. The molecule has 0 bridgehead atoms. The Morgan fingerprint density at radius 3 is 2.09 bits per heavy atom. The van der Waals surface area contributed by atoms with Crippen LogP contribution >= 0.6 is 0 Å². The van der Waals surface area contributed by atoms with Crippen LogP contribution in [-0.2, 0) is 14.4 Å². The van der Waals surface area contributed by atoms with E-state index in [1.54, 1.807) is 21.3 Å². The summed E-state index contributed by atoms with van der Waals surface area (Å²) in [5, 5.41) is 1.36. The highest BCUT2D eigenvalue weighted by atomic mass is 28.1. The molecule has 0 rings (SSSR count). The van der Waals surface area contributed by atoms with Crippen LogP contribution in [0.2, 0.25) is 6.04 Å². The molecule has 0 fully saturated rings. The van der Waals surface area contributed by atoms with Crippen molar-refractivity contribution in [1.29, 1.82) is 0 Å². The average Bonchev–Trinajstić information content (AvgIpc) is 2.05. The van der Waals surface area contributed by atoms with Gasteiger partial charge in [0.2, 0.25) is 0 Å². The Morgan fingerprint density at radius 1 is 1.27 bits per heavy atom. The van der Waals surface area contributed by atoms with Gasteiger partial charge in [-0.05, 0) is 11.6 Å². The second-order valence-electron chi connectivity index (χ2n) is 2.13. The zero-order valence-corrected chi connectivity index (χ0v) is 9.66. The standard InChI is InChI=1S/C6H17NO3Si/c1-8-6(4-5-11)7(9-2)10-3/h6H,4-5H2,1-3,11H3. The van der Waals surface area contributed by atoms with Crippen LogP contribution in [0, 0.1) is 0 Å². The maximum atomic E-state index is 5.13. The molecule has 0 aromatic carbocycles. The molecule has 4 nitrogen and oxygen atoms in total. The smallest absolute Gasteiger partial charge is 0.159 e. The van der Waals surface area contributed by atoms with Crippen molar-refractivity contribution in [1.82, 2.24) is 5.23 Å². The molecule has 0 aromatic rings. The quantitative estimate of drug-likeness (QED) is 0.314. The van der Waals surface area contributed by atoms with Crippen LogP contribution in [0.15, 0.2) is 0 Å². The molecule has 0 aliphatic rings. The van der Waals surface area contributed by atoms with Gasteiger partial charge in [-0.1, -0.05) is 6.04 Å². The molecule has 0 aromatic heterocycles. The zero-order chi connectivity index (χ0) is 8.69. The van der Waals surface area contributed by atoms with E-state index >= 15 is 0 Å². The molecule has 0 heterocycles. The van der Waals surface area contributed by atoms with E-state index in [0.717, 1.165) is 6.42 Å². The van der Waals surface area contributed by atoms with Crippen molar-refractivity contribution in [2.75, 3.05) is 21.3 Å². The van der Waals surface area contributed by atoms with Crippen LogP contribution in [0.5, 0.6) is 0 Å². The minimum atomic E-state index is -0.0810. The monoisotopic (exact) mass is 179 g/mol. The number of hydrogen-bond donors (Lipinski definition) is 0. The van der Waals surface area contributed by atoms with Crippen LogP contribution in [0.1, 0.15) is 6.42 Å². The van der Waals surface area contributed by atoms with E-state index in [4.69, 9.17) is 14.4 Å². The van der Waals surface area contributed by atoms with Crippen LogP contribution < -0.4 is 0 Å². The van der Waals surface area contributed by atoms with Crippen molar-refractivity contribution in [3.63, 3.8) is 0 Å². The fraction of sp³-hybridized carbons (Fsp3) is 1.00. The maximum Gasteiger partial charge on any atom is 0.159 e. The topological polar surface area (TPSA) is 30.9 Å². The SMILES string of the molecule is COC(CC[SiH3])N(OC)OC. The molecule has 0 aliphatic carbocycles. The third-order valence-electron chi connectivity index (χ3n) is 1.40. The lowest BCUT2D eigenvalue weighted by Crippen LogP contribution is -2.34. The summed E-state index contributed by atoms with van der Waals surface area (Å²) in [7, 11) is 5.94. The first kappa shape index (κ1) is 11.1. The summed E-state index contributed by atoms with van der Waals surface area (Å²) in [4.78, 5) is 9.81. The second-order valence-corrected chi connectivity index (χ2v) is 3.13. The highest BCUT2D eigenvalue weighted by molar-refractivity contribution is 6.08. The van der Waals surface area contributed by atoms with Crippen molar-refractivity contribution in [3.8, 4) is 0 Å². The molecule has 0 saturated carbocycles. The van der Waals surface area contributed by atoms with Crippen molar-refractivity contribution in [3.05, 3.63) is 0 Å². The lowest BCUT2D eigenvalue weighted by atomic mass is 10.4. The third-order valence-corrected chi connectivity index (χ3v) is 1.98. The molecule has 0 aliphatic heterocycles. The number of methoxy groups -OCH3 is 1. The third kappa shape index (κ3) is 3.83. The van der Waals surface area contributed by atoms with Gasteiger partial charge >= 0.3 is 0 Å². The molecule has 68 valence electrons. The molecular formula is C6H17NO3Si. The Balaban J connectivity index is 3.76. The van der Waals surface area contributed by atoms with Crippen LogP contribution in [-0.4, -0.2) is 43.0 Å². The molecule has 1 unspecified atom stereocenters. The maximum absolute atomic E-state index is 5.13. The van der Waals surface area contributed by atoms with Gasteiger partial charge in [-0.15, -0.1) is 0 Å². The minimum Gasteiger partial charge on any atom is -0.362 e. The van der Waals surface area contributed by atoms with Gasteiger partial charge in [0.05, 0.1) is 14.2 Å². The van der Waals surface area contributed by atoms with Gasteiger partial charge in [-0.3, -0.25) is 9.68 Å². The molecule has 11 heavy (non-hydrogen) atoms. The Bertz CT molecular complexity index is 89.9. The van der Waals surface area contributed by atoms with Crippen LogP contribution in [0.25, 0.3) is 0 Å². The summed E-state index contributed by atoms with van der Waals surface area (Å²) < 4.78 is 5.13. The first-order chi connectivity index (χ1) is 5.29. The van der Waals surface area contributed by atoms with Crippen molar-refractivity contribution in [2.45, 2.75) is 18.7 Å². The summed E-state index contributed by atoms with van der Waals surface area (Å²) >= 11 is 0. The molecular weight excluding hydrogens is 162 g/mol. The zero-order valence-electron chi connectivity index (χ0n) is 7.66. The van der Waals surface area contributed by atoms with Crippen molar-refractivity contribution >= 4 is 10.2 Å². The first-order valence-corrected chi connectivity index (χ1v) is 5.11. The van der Waals surface area contributed by atoms with Gasteiger partial charge in [0, 0.05) is 17.4 Å². The molecule has 0 spiro atoms. The van der Waals surface area contributed by atoms with E-state index in [1.807, 2.05) is 0 Å². The van der Waals surface area contributed by atoms with E-state index < -0.39 is 0 Å². The Hall–Kier alpha value is 0.0569. The van der Waals surface area contributed by atoms with Crippen molar-refractivity contribution < 1.29 is 14.4 Å². The fourth-order valence-electron chi connectivity index (χ4n) is 0.866. The summed E-state index contributed by atoms with van der Waals surface area (Å²) in [5.74, 6) is 0. The molecule has 0 amide bonds. The van der Waals surface area contributed by atoms with Gasteiger partial charge in [0.1, 0.15) is 0 Å². The van der Waals surface area contributed by atoms with E-state index in [-0.39, 0.29) is 6.23 Å². The number of hydroxylamine groups is 2. The van der Waals surface area contributed by atoms with Crippen LogP contribution in [0.4, 0.5) is 0 Å². The summed E-state index contributed by atoms with van der Waals surface area (Å²) in [6, 6.07) is 1.17. The molecule has 1 atom stereocenters. The van der Waals surface area contributed by atoms with Gasteiger partial charge in [0.25, 0.3) is 0 Å². The first-order valence-electron chi connectivity index (χ1n) is 3.70. The Morgan fingerprint density at radius 2 is 1.82 bits per heavy atom. The second kappa shape index (κ2) is 6.75. The normalized spacial score (nSPS) is 14.2. The Labute approximate surface area is 70.7 Å². The highest BCUT2D eigenvalue weighted by Gasteiger charge is 2.15. The van der Waals surface area contributed by atoms with Gasteiger partial charge < -0.3 is 4.74 Å². The lowest BCUT2D eigenvalue weighted by molar-refractivity contribution is -0.400. The van der Waals surface area contributed by atoms with Gasteiger partial charge in [-0.2, -0.15) is 0 Å². The molecule has 0 saturated heterocycles. The largest absolute Gasteiger partial charge is 0.362 e. The van der Waals surface area contributed by atoms with E-state index in [2.05, 4.69) is 0 Å². The predicted octanol–water partition coefficient (Wildman–Crippen LogP) is -0.443. The lowest BCUT2D eigenvalue weighted by Gasteiger charge is -2.24. The summed E-state index contributed by atoms with van der Waals surface area (Å²) in [5.41, 5.74) is 0. The predicted molar refractivity (Wildman–Crippen MR) is 46.0 cm³/mol. The molecule has 0 N–H and O–H groups in total. The van der Waals surface area contributed by atoms with Crippen molar-refractivity contribution in [2.24, 2.45) is 0 Å². The van der Waals surface area contributed by atoms with E-state index in [0.29, 0.717) is 0 Å². The Kier molecular flexibility index (Phi) is 6.78. The highest BCUT2D eigenvalue weighted by Crippen LogP contribution is 2.06. The number of ether oxygens (including phenoxy) is 1. The van der Waals surface area contributed by atoms with E-state index in [1.165, 1.54) is 21.5 Å². The number of rotatable bonds is 6. The van der Waals surface area contributed by atoms with E-state index in [9.17, 15) is 0 Å². The summed E-state index contributed by atoms with van der Waals surface area (Å²) in [6.07, 6.45) is 0.868. The van der Waals surface area contributed by atoms with Gasteiger partial charge in [-0.25, -0.2) is 0 Å². The molecule has 0 radical (unpaired) electrons. The number of hydrogen-bond acceptors (Lipinski definition) is 4. The van der Waals surface area contributed by atoms with Gasteiger partial charge in [0.15, 0.2) is 6.23 Å². The summed E-state index contributed by atoms with van der Waals surface area (Å²) in [6.45, 7) is 0. The number of nitrogens with zero attached hydrogens (tertiary/aromatic N) is 1. The van der Waals surface area contributed by atoms with Crippen LogP contribution in [0.3, 0.4) is 0 Å². The molecule has 5 heteroatoms.